The van der Waals surface area contributed by atoms with Crippen molar-refractivity contribution >= 4 is 15.7 Å². The van der Waals surface area contributed by atoms with Gasteiger partial charge in [-0.3, -0.25) is 4.98 Å². The molecule has 112 valence electrons. The van der Waals surface area contributed by atoms with Crippen molar-refractivity contribution in [2.24, 2.45) is 0 Å². The van der Waals surface area contributed by atoms with Crippen LogP contribution in [-0.2, 0) is 10.0 Å². The summed E-state index contributed by atoms with van der Waals surface area (Å²) in [7, 11) is -0.371. The molecule has 2 aromatic rings. The predicted molar refractivity (Wildman–Crippen MR) is 83.6 cm³/mol. The zero-order valence-electron chi connectivity index (χ0n) is 12.3. The second kappa shape index (κ2) is 6.24. The summed E-state index contributed by atoms with van der Waals surface area (Å²) in [5.74, 6) is 0. The summed E-state index contributed by atoms with van der Waals surface area (Å²) >= 11 is 0. The highest BCUT2D eigenvalue weighted by Crippen LogP contribution is 2.22. The minimum atomic E-state index is -3.42. The van der Waals surface area contributed by atoms with Gasteiger partial charge in [0.2, 0.25) is 10.0 Å². The van der Waals surface area contributed by atoms with Gasteiger partial charge in [-0.25, -0.2) is 12.7 Å². The van der Waals surface area contributed by atoms with Gasteiger partial charge in [0.15, 0.2) is 0 Å². The second-order valence-corrected chi connectivity index (χ2v) is 7.11. The van der Waals surface area contributed by atoms with Crippen molar-refractivity contribution in [1.82, 2.24) is 9.29 Å². The number of nitrogens with one attached hydrogen (secondary N) is 1. The summed E-state index contributed by atoms with van der Waals surface area (Å²) in [6, 6.07) is 10.7. The number of benzene rings is 1. The fourth-order valence-electron chi connectivity index (χ4n) is 1.94. The number of rotatable bonds is 5. The zero-order chi connectivity index (χ0) is 15.5. The molecule has 0 aliphatic rings. The molecule has 1 N–H and O–H groups in total. The van der Waals surface area contributed by atoms with E-state index in [1.54, 1.807) is 30.6 Å². The van der Waals surface area contributed by atoms with Crippen LogP contribution in [0.3, 0.4) is 0 Å². The third-order valence-electron chi connectivity index (χ3n) is 3.20. The molecular formula is C15H19N3O2S. The summed E-state index contributed by atoms with van der Waals surface area (Å²) in [6.45, 7) is 2.02. The number of hydrogen-bond acceptors (Lipinski definition) is 4. The average Bonchev–Trinajstić information content (AvgIpc) is 2.48. The first-order chi connectivity index (χ1) is 9.91. The molecule has 6 heteroatoms. The van der Waals surface area contributed by atoms with Gasteiger partial charge in [0, 0.05) is 38.2 Å². The zero-order valence-corrected chi connectivity index (χ0v) is 13.1. The Bertz CT molecular complexity index is 700. The molecule has 5 nitrogen and oxygen atoms in total. The van der Waals surface area contributed by atoms with Gasteiger partial charge in [-0.2, -0.15) is 0 Å². The van der Waals surface area contributed by atoms with Crippen LogP contribution >= 0.6 is 0 Å². The van der Waals surface area contributed by atoms with Crippen LogP contribution in [0.2, 0.25) is 0 Å². The number of anilines is 1. The van der Waals surface area contributed by atoms with Crippen molar-refractivity contribution in [3.8, 4) is 0 Å². The van der Waals surface area contributed by atoms with E-state index in [4.69, 9.17) is 0 Å². The van der Waals surface area contributed by atoms with Gasteiger partial charge in [0.1, 0.15) is 0 Å². The summed E-state index contributed by atoms with van der Waals surface area (Å²) in [5, 5.41) is 3.30. The molecule has 0 amide bonds. The quantitative estimate of drug-likeness (QED) is 0.922. The highest BCUT2D eigenvalue weighted by atomic mass is 32.2. The first-order valence-electron chi connectivity index (χ1n) is 6.60. The normalized spacial score (nSPS) is 13.1. The maximum Gasteiger partial charge on any atom is 0.242 e. The highest BCUT2D eigenvalue weighted by Gasteiger charge is 2.17. The number of sulfonamides is 1. The number of pyridine rings is 1. The van der Waals surface area contributed by atoms with E-state index in [0.717, 1.165) is 11.3 Å². The Balaban J connectivity index is 2.23. The molecule has 2 rings (SSSR count). The van der Waals surface area contributed by atoms with E-state index >= 15 is 0 Å². The number of nitrogens with zero attached hydrogens (tertiary/aromatic N) is 2. The minimum Gasteiger partial charge on any atom is -0.378 e. The van der Waals surface area contributed by atoms with Gasteiger partial charge in [-0.15, -0.1) is 0 Å². The Hall–Kier alpha value is -1.92. The molecule has 0 radical (unpaired) electrons. The Kier molecular flexibility index (Phi) is 4.59. The molecule has 0 saturated heterocycles. The van der Waals surface area contributed by atoms with E-state index in [1.807, 2.05) is 25.1 Å². The monoisotopic (exact) mass is 305 g/mol. The number of aromatic nitrogens is 1. The van der Waals surface area contributed by atoms with Gasteiger partial charge in [0.05, 0.1) is 4.90 Å². The lowest BCUT2D eigenvalue weighted by Crippen LogP contribution is -2.22. The second-order valence-electron chi connectivity index (χ2n) is 4.96. The molecule has 21 heavy (non-hydrogen) atoms. The first-order valence-corrected chi connectivity index (χ1v) is 8.04. The molecule has 0 bridgehead atoms. The van der Waals surface area contributed by atoms with Crippen molar-refractivity contribution in [2.75, 3.05) is 19.4 Å². The van der Waals surface area contributed by atoms with E-state index in [9.17, 15) is 8.42 Å². The fourth-order valence-corrected chi connectivity index (χ4v) is 2.89. The standard InChI is InChI=1S/C15H19N3O2S/c1-12(13-7-9-16-10-8-13)17-14-5-4-6-15(11-14)21(19,20)18(2)3/h4-12,17H,1-3H3. The molecule has 0 aliphatic carbocycles. The van der Waals surface area contributed by atoms with E-state index < -0.39 is 10.0 Å². The van der Waals surface area contributed by atoms with Crippen LogP contribution in [0.25, 0.3) is 0 Å². The van der Waals surface area contributed by atoms with Crippen LogP contribution in [0, 0.1) is 0 Å². The average molecular weight is 305 g/mol. The van der Waals surface area contributed by atoms with Crippen molar-refractivity contribution < 1.29 is 8.42 Å². The van der Waals surface area contributed by atoms with Crippen molar-refractivity contribution in [2.45, 2.75) is 17.9 Å². The van der Waals surface area contributed by atoms with Crippen molar-refractivity contribution in [3.63, 3.8) is 0 Å². The Morgan fingerprint density at radius 2 is 1.81 bits per heavy atom. The maximum absolute atomic E-state index is 12.1. The van der Waals surface area contributed by atoms with Crippen LogP contribution in [-0.4, -0.2) is 31.8 Å². The molecule has 1 aromatic heterocycles. The lowest BCUT2D eigenvalue weighted by molar-refractivity contribution is 0.521. The smallest absolute Gasteiger partial charge is 0.242 e. The van der Waals surface area contributed by atoms with E-state index in [0.29, 0.717) is 0 Å². The first kappa shape index (κ1) is 15.5. The van der Waals surface area contributed by atoms with Crippen LogP contribution in [0.15, 0.2) is 53.7 Å². The molecule has 1 heterocycles. The molecule has 0 saturated carbocycles. The molecular weight excluding hydrogens is 286 g/mol. The lowest BCUT2D eigenvalue weighted by Gasteiger charge is -2.17. The predicted octanol–water partition coefficient (Wildman–Crippen LogP) is 2.51. The van der Waals surface area contributed by atoms with Gasteiger partial charge >= 0.3 is 0 Å². The Labute approximate surface area is 125 Å². The molecule has 0 fully saturated rings. The SMILES string of the molecule is CC(Nc1cccc(S(=O)(=O)N(C)C)c1)c1ccncc1. The fraction of sp³-hybridized carbons (Fsp3) is 0.267. The number of hydrogen-bond donors (Lipinski definition) is 1. The summed E-state index contributed by atoms with van der Waals surface area (Å²) in [4.78, 5) is 4.27. The molecule has 1 atom stereocenters. The van der Waals surface area contributed by atoms with Crippen LogP contribution in [0.5, 0.6) is 0 Å². The van der Waals surface area contributed by atoms with Gasteiger partial charge in [-0.1, -0.05) is 6.07 Å². The minimum absolute atomic E-state index is 0.0605. The van der Waals surface area contributed by atoms with E-state index in [2.05, 4.69) is 10.3 Å². The summed E-state index contributed by atoms with van der Waals surface area (Å²) in [5.41, 5.74) is 1.85. The van der Waals surface area contributed by atoms with Gasteiger partial charge in [-0.05, 0) is 42.8 Å². The van der Waals surface area contributed by atoms with Crippen LogP contribution in [0.1, 0.15) is 18.5 Å². The third-order valence-corrected chi connectivity index (χ3v) is 5.01. The maximum atomic E-state index is 12.1. The lowest BCUT2D eigenvalue weighted by atomic mass is 10.1. The summed E-state index contributed by atoms with van der Waals surface area (Å²) < 4.78 is 25.5. The molecule has 0 spiro atoms. The molecule has 1 aromatic carbocycles. The topological polar surface area (TPSA) is 62.3 Å². The van der Waals surface area contributed by atoms with E-state index in [1.165, 1.54) is 18.4 Å². The van der Waals surface area contributed by atoms with Crippen LogP contribution < -0.4 is 5.32 Å². The van der Waals surface area contributed by atoms with Gasteiger partial charge in [0.25, 0.3) is 0 Å². The third kappa shape index (κ3) is 3.59. The largest absolute Gasteiger partial charge is 0.378 e. The molecule has 0 aliphatic heterocycles. The van der Waals surface area contributed by atoms with Crippen molar-refractivity contribution in [1.29, 1.82) is 0 Å². The van der Waals surface area contributed by atoms with Crippen LogP contribution in [0.4, 0.5) is 5.69 Å². The Morgan fingerprint density at radius 1 is 1.14 bits per heavy atom. The molecule has 1 unspecified atom stereocenters. The Morgan fingerprint density at radius 3 is 2.43 bits per heavy atom. The highest BCUT2D eigenvalue weighted by molar-refractivity contribution is 7.89. The van der Waals surface area contributed by atoms with Gasteiger partial charge < -0.3 is 5.32 Å². The summed E-state index contributed by atoms with van der Waals surface area (Å²) in [6.07, 6.45) is 3.47. The van der Waals surface area contributed by atoms with E-state index in [-0.39, 0.29) is 10.9 Å². The van der Waals surface area contributed by atoms with Crippen molar-refractivity contribution in [3.05, 3.63) is 54.4 Å².